The Kier molecular flexibility index (Phi) is 6.90. The van der Waals surface area contributed by atoms with E-state index in [9.17, 15) is 0 Å². The van der Waals surface area contributed by atoms with Crippen LogP contribution in [-0.2, 0) is 14.2 Å². The van der Waals surface area contributed by atoms with Gasteiger partial charge in [-0.05, 0) is 6.42 Å². The number of aliphatic hydroxyl groups is 1. The van der Waals surface area contributed by atoms with Gasteiger partial charge in [0.05, 0.1) is 32.5 Å². The van der Waals surface area contributed by atoms with Gasteiger partial charge in [-0.15, -0.1) is 0 Å². The monoisotopic (exact) mass is 205 g/mol. The summed E-state index contributed by atoms with van der Waals surface area (Å²) in [5, 5.41) is 11.7. The first-order chi connectivity index (χ1) is 6.93. The van der Waals surface area contributed by atoms with Gasteiger partial charge in [-0.1, -0.05) is 0 Å². The van der Waals surface area contributed by atoms with Gasteiger partial charge in [-0.25, -0.2) is 0 Å². The fourth-order valence-electron chi connectivity index (χ4n) is 1.24. The molecule has 0 radical (unpaired) electrons. The second-order valence-corrected chi connectivity index (χ2v) is 3.14. The molecule has 0 spiro atoms. The summed E-state index contributed by atoms with van der Waals surface area (Å²) in [6.45, 7) is 3.95. The van der Waals surface area contributed by atoms with Crippen molar-refractivity contribution in [2.24, 2.45) is 0 Å². The Morgan fingerprint density at radius 1 is 1.43 bits per heavy atom. The second-order valence-electron chi connectivity index (χ2n) is 3.14. The summed E-state index contributed by atoms with van der Waals surface area (Å²) in [6, 6.07) is 0. The van der Waals surface area contributed by atoms with E-state index in [0.29, 0.717) is 20.0 Å². The number of aliphatic hydroxyl groups excluding tert-OH is 1. The van der Waals surface area contributed by atoms with Gasteiger partial charge in [0.1, 0.15) is 6.79 Å². The maximum atomic E-state index is 8.45. The molecule has 0 aromatic rings. The van der Waals surface area contributed by atoms with Gasteiger partial charge in [0.2, 0.25) is 0 Å². The standard InChI is InChI=1S/C9H19NO4/c11-3-6-12-5-2-10-7-9-1-4-13-8-14-9/h9-11H,1-8H2. The van der Waals surface area contributed by atoms with Gasteiger partial charge in [0.25, 0.3) is 0 Å². The first-order valence-corrected chi connectivity index (χ1v) is 5.02. The highest BCUT2D eigenvalue weighted by Gasteiger charge is 2.12. The van der Waals surface area contributed by atoms with Crippen molar-refractivity contribution in [2.45, 2.75) is 12.5 Å². The third-order valence-corrected chi connectivity index (χ3v) is 2.00. The van der Waals surface area contributed by atoms with Crippen molar-refractivity contribution in [3.63, 3.8) is 0 Å². The van der Waals surface area contributed by atoms with Crippen LogP contribution in [0.15, 0.2) is 0 Å². The highest BCUT2D eigenvalue weighted by Crippen LogP contribution is 2.03. The van der Waals surface area contributed by atoms with E-state index in [4.69, 9.17) is 19.3 Å². The molecule has 0 saturated carbocycles. The highest BCUT2D eigenvalue weighted by molar-refractivity contribution is 4.63. The maximum Gasteiger partial charge on any atom is 0.147 e. The van der Waals surface area contributed by atoms with Crippen LogP contribution in [0.1, 0.15) is 6.42 Å². The van der Waals surface area contributed by atoms with Gasteiger partial charge in [0, 0.05) is 13.1 Å². The number of rotatable bonds is 7. The average molecular weight is 205 g/mol. The SMILES string of the molecule is OCCOCCNCC1CCOCO1. The smallest absolute Gasteiger partial charge is 0.147 e. The Hall–Kier alpha value is -0.200. The van der Waals surface area contributed by atoms with E-state index >= 15 is 0 Å². The predicted molar refractivity (Wildman–Crippen MR) is 51.1 cm³/mol. The third-order valence-electron chi connectivity index (χ3n) is 2.00. The molecule has 0 amide bonds. The zero-order chi connectivity index (χ0) is 10.1. The zero-order valence-corrected chi connectivity index (χ0v) is 8.41. The molecule has 0 aromatic carbocycles. The third kappa shape index (κ3) is 5.51. The molecule has 1 aliphatic rings. The lowest BCUT2D eigenvalue weighted by Crippen LogP contribution is -2.35. The van der Waals surface area contributed by atoms with Crippen LogP contribution in [0.3, 0.4) is 0 Å². The molecule has 0 bridgehead atoms. The van der Waals surface area contributed by atoms with E-state index < -0.39 is 0 Å². The van der Waals surface area contributed by atoms with Crippen LogP contribution in [0, 0.1) is 0 Å². The fraction of sp³-hybridized carbons (Fsp3) is 1.00. The molecule has 2 N–H and O–H groups in total. The normalized spacial score (nSPS) is 22.5. The Balaban J connectivity index is 1.82. The zero-order valence-electron chi connectivity index (χ0n) is 8.41. The summed E-state index contributed by atoms with van der Waals surface area (Å²) in [7, 11) is 0. The Labute approximate surface area is 84.3 Å². The van der Waals surface area contributed by atoms with Crippen molar-refractivity contribution in [1.82, 2.24) is 5.32 Å². The molecule has 1 fully saturated rings. The molecule has 14 heavy (non-hydrogen) atoms. The lowest BCUT2D eigenvalue weighted by Gasteiger charge is -2.22. The summed E-state index contributed by atoms with van der Waals surface area (Å²) in [5.74, 6) is 0. The molecular formula is C9H19NO4. The van der Waals surface area contributed by atoms with E-state index in [0.717, 1.165) is 26.1 Å². The Bertz CT molecular complexity index is 128. The summed E-state index contributed by atoms with van der Waals surface area (Å²) < 4.78 is 15.5. The van der Waals surface area contributed by atoms with Gasteiger partial charge in [-0.2, -0.15) is 0 Å². The highest BCUT2D eigenvalue weighted by atomic mass is 16.7. The van der Waals surface area contributed by atoms with E-state index in [1.807, 2.05) is 0 Å². The van der Waals surface area contributed by atoms with E-state index in [1.165, 1.54) is 0 Å². The molecule has 0 aliphatic carbocycles. The van der Waals surface area contributed by atoms with Crippen LogP contribution in [0.2, 0.25) is 0 Å². The van der Waals surface area contributed by atoms with Crippen molar-refractivity contribution in [3.8, 4) is 0 Å². The van der Waals surface area contributed by atoms with Crippen LogP contribution in [0.25, 0.3) is 0 Å². The largest absolute Gasteiger partial charge is 0.394 e. The lowest BCUT2D eigenvalue weighted by atomic mass is 10.2. The lowest BCUT2D eigenvalue weighted by molar-refractivity contribution is -0.137. The quantitative estimate of drug-likeness (QED) is 0.541. The van der Waals surface area contributed by atoms with Crippen LogP contribution in [0.4, 0.5) is 0 Å². The first kappa shape index (κ1) is 11.9. The number of hydrogen-bond donors (Lipinski definition) is 2. The molecule has 1 rings (SSSR count). The summed E-state index contributed by atoms with van der Waals surface area (Å²) in [6.07, 6.45) is 1.21. The number of hydrogen-bond acceptors (Lipinski definition) is 5. The number of ether oxygens (including phenoxy) is 3. The minimum atomic E-state index is 0.0864. The van der Waals surface area contributed by atoms with Crippen LogP contribution in [0.5, 0.6) is 0 Å². The fourth-order valence-corrected chi connectivity index (χ4v) is 1.24. The average Bonchev–Trinajstić information content (AvgIpc) is 2.25. The molecule has 1 atom stereocenters. The summed E-state index contributed by atoms with van der Waals surface area (Å²) >= 11 is 0. The summed E-state index contributed by atoms with van der Waals surface area (Å²) in [5.41, 5.74) is 0. The van der Waals surface area contributed by atoms with Gasteiger partial charge < -0.3 is 24.6 Å². The molecule has 5 heteroatoms. The minimum Gasteiger partial charge on any atom is -0.394 e. The topological polar surface area (TPSA) is 60.0 Å². The van der Waals surface area contributed by atoms with E-state index in [-0.39, 0.29) is 12.7 Å². The molecule has 5 nitrogen and oxygen atoms in total. The van der Waals surface area contributed by atoms with Crippen molar-refractivity contribution in [3.05, 3.63) is 0 Å². The van der Waals surface area contributed by atoms with Crippen molar-refractivity contribution in [2.75, 3.05) is 46.3 Å². The molecule has 1 aliphatic heterocycles. The molecule has 84 valence electrons. The van der Waals surface area contributed by atoms with E-state index in [2.05, 4.69) is 5.32 Å². The van der Waals surface area contributed by atoms with Crippen molar-refractivity contribution < 1.29 is 19.3 Å². The first-order valence-electron chi connectivity index (χ1n) is 5.02. The summed E-state index contributed by atoms with van der Waals surface area (Å²) in [4.78, 5) is 0. The van der Waals surface area contributed by atoms with Crippen LogP contribution < -0.4 is 5.32 Å². The maximum absolute atomic E-state index is 8.45. The molecular weight excluding hydrogens is 186 g/mol. The Morgan fingerprint density at radius 2 is 2.36 bits per heavy atom. The van der Waals surface area contributed by atoms with Gasteiger partial charge >= 0.3 is 0 Å². The number of nitrogens with one attached hydrogen (secondary N) is 1. The second kappa shape index (κ2) is 8.14. The molecule has 1 saturated heterocycles. The molecule has 0 aromatic heterocycles. The Morgan fingerprint density at radius 3 is 3.07 bits per heavy atom. The minimum absolute atomic E-state index is 0.0864. The van der Waals surface area contributed by atoms with Crippen LogP contribution in [-0.4, -0.2) is 57.5 Å². The predicted octanol–water partition coefficient (Wildman–Crippen LogP) is -0.652. The van der Waals surface area contributed by atoms with Gasteiger partial charge in [-0.3, -0.25) is 0 Å². The molecule has 1 heterocycles. The van der Waals surface area contributed by atoms with Crippen LogP contribution >= 0.6 is 0 Å². The van der Waals surface area contributed by atoms with Gasteiger partial charge in [0.15, 0.2) is 0 Å². The van der Waals surface area contributed by atoms with Crippen molar-refractivity contribution in [1.29, 1.82) is 0 Å². The molecule has 1 unspecified atom stereocenters. The van der Waals surface area contributed by atoms with E-state index in [1.54, 1.807) is 0 Å². The van der Waals surface area contributed by atoms with Crippen molar-refractivity contribution >= 4 is 0 Å².